The summed E-state index contributed by atoms with van der Waals surface area (Å²) in [5.41, 5.74) is 5.14. The van der Waals surface area contributed by atoms with Crippen LogP contribution in [-0.2, 0) is 9.84 Å². The normalized spacial score (nSPS) is 12.7. The Hall–Kier alpha value is -2.40. The van der Waals surface area contributed by atoms with Crippen LogP contribution < -0.4 is 0 Å². The lowest BCUT2D eigenvalue weighted by Crippen LogP contribution is -1.96. The van der Waals surface area contributed by atoms with E-state index in [1.807, 2.05) is 12.3 Å². The number of fused-ring (bicyclic) bond motifs is 1. The first-order chi connectivity index (χ1) is 12.4. The molecular weight excluding hydrogens is 344 g/mol. The predicted octanol–water partition coefficient (Wildman–Crippen LogP) is 5.23. The number of aromatic nitrogens is 2. The molecule has 1 N–H and O–H groups in total. The van der Waals surface area contributed by atoms with Crippen molar-refractivity contribution in [2.45, 2.75) is 38.0 Å². The number of hydrogen-bond donors (Lipinski definition) is 1. The van der Waals surface area contributed by atoms with Crippen LogP contribution in [0.3, 0.4) is 0 Å². The van der Waals surface area contributed by atoms with Gasteiger partial charge in [-0.15, -0.1) is 0 Å². The van der Waals surface area contributed by atoms with Crippen LogP contribution >= 0.6 is 0 Å². The predicted molar refractivity (Wildman–Crippen MR) is 108 cm³/mol. The van der Waals surface area contributed by atoms with Crippen molar-refractivity contribution in [3.8, 4) is 11.3 Å². The first kappa shape index (κ1) is 18.4. The first-order valence-corrected chi connectivity index (χ1v) is 10.8. The van der Waals surface area contributed by atoms with Gasteiger partial charge < -0.3 is 4.98 Å². The summed E-state index contributed by atoms with van der Waals surface area (Å²) < 4.78 is 23.2. The molecule has 0 aliphatic rings. The zero-order chi connectivity index (χ0) is 18.7. The number of nitrogens with zero attached hydrogens (tertiary/aromatic N) is 1. The molecule has 0 aliphatic carbocycles. The zero-order valence-corrected chi connectivity index (χ0v) is 16.2. The minimum absolute atomic E-state index is 0.318. The molecule has 0 saturated heterocycles. The molecular formula is C21H24N2O2S. The number of nitrogens with one attached hydrogen (secondary N) is 1. The van der Waals surface area contributed by atoms with Crippen molar-refractivity contribution >= 4 is 26.4 Å². The Morgan fingerprint density at radius 3 is 2.46 bits per heavy atom. The van der Waals surface area contributed by atoms with Crippen LogP contribution in [0, 0.1) is 0 Å². The fourth-order valence-electron chi connectivity index (χ4n) is 3.17. The van der Waals surface area contributed by atoms with Gasteiger partial charge in [0, 0.05) is 29.0 Å². The van der Waals surface area contributed by atoms with E-state index in [1.54, 1.807) is 24.3 Å². The molecule has 5 heteroatoms. The van der Waals surface area contributed by atoms with Crippen molar-refractivity contribution in [1.82, 2.24) is 9.97 Å². The summed E-state index contributed by atoms with van der Waals surface area (Å²) >= 11 is 0. The highest BCUT2D eigenvalue weighted by Crippen LogP contribution is 2.30. The Morgan fingerprint density at radius 2 is 1.85 bits per heavy atom. The minimum atomic E-state index is -3.19. The van der Waals surface area contributed by atoms with Crippen LogP contribution in [0.1, 0.15) is 38.7 Å². The van der Waals surface area contributed by atoms with Gasteiger partial charge in [-0.2, -0.15) is 0 Å². The second-order valence-corrected chi connectivity index (χ2v) is 8.49. The van der Waals surface area contributed by atoms with Crippen molar-refractivity contribution in [3.05, 3.63) is 54.2 Å². The maximum absolute atomic E-state index is 11.6. The highest BCUT2D eigenvalue weighted by atomic mass is 32.2. The molecule has 0 unspecified atom stereocenters. The number of hydrogen-bond acceptors (Lipinski definition) is 3. The molecule has 4 nitrogen and oxygen atoms in total. The van der Waals surface area contributed by atoms with Crippen molar-refractivity contribution in [1.29, 1.82) is 0 Å². The lowest BCUT2D eigenvalue weighted by molar-refractivity contribution is 0.602. The van der Waals surface area contributed by atoms with Crippen LogP contribution in [0.25, 0.3) is 27.9 Å². The fourth-order valence-corrected chi connectivity index (χ4v) is 3.80. The summed E-state index contributed by atoms with van der Waals surface area (Å²) in [6.45, 7) is 4.34. The van der Waals surface area contributed by atoms with E-state index in [2.05, 4.69) is 31.0 Å². The summed E-state index contributed by atoms with van der Waals surface area (Å²) in [7, 11) is -3.19. The van der Waals surface area contributed by atoms with E-state index in [4.69, 9.17) is 4.98 Å². The molecule has 2 aromatic heterocycles. The molecule has 0 atom stereocenters. The van der Waals surface area contributed by atoms with Gasteiger partial charge in [-0.1, -0.05) is 38.5 Å². The molecule has 0 spiro atoms. The molecule has 26 heavy (non-hydrogen) atoms. The lowest BCUT2D eigenvalue weighted by atomic mass is 10.00. The molecule has 136 valence electrons. The van der Waals surface area contributed by atoms with E-state index < -0.39 is 9.84 Å². The maximum atomic E-state index is 11.6. The highest BCUT2D eigenvalue weighted by Gasteiger charge is 2.11. The third kappa shape index (κ3) is 3.73. The molecule has 2 heterocycles. The van der Waals surface area contributed by atoms with Crippen molar-refractivity contribution < 1.29 is 8.42 Å². The lowest BCUT2D eigenvalue weighted by Gasteiger charge is -2.06. The Labute approximate surface area is 154 Å². The molecule has 0 saturated carbocycles. The summed E-state index contributed by atoms with van der Waals surface area (Å²) in [6, 6.07) is 10.9. The second-order valence-electron chi connectivity index (χ2n) is 6.48. The Kier molecular flexibility index (Phi) is 5.28. The average Bonchev–Trinajstić information content (AvgIpc) is 3.04. The van der Waals surface area contributed by atoms with Crippen LogP contribution in [0.2, 0.25) is 0 Å². The number of H-pyrrole nitrogens is 1. The molecule has 0 aliphatic heterocycles. The topological polar surface area (TPSA) is 62.8 Å². The van der Waals surface area contributed by atoms with Gasteiger partial charge in [-0.05, 0) is 42.7 Å². The number of sulfone groups is 1. The maximum Gasteiger partial charge on any atom is 0.175 e. The quantitative estimate of drug-likeness (QED) is 0.648. The van der Waals surface area contributed by atoms with Crippen molar-refractivity contribution in [2.24, 2.45) is 0 Å². The van der Waals surface area contributed by atoms with Gasteiger partial charge >= 0.3 is 0 Å². The van der Waals surface area contributed by atoms with Gasteiger partial charge in [0.15, 0.2) is 9.84 Å². The van der Waals surface area contributed by atoms with Gasteiger partial charge in [0.1, 0.15) is 5.65 Å². The summed E-state index contributed by atoms with van der Waals surface area (Å²) in [5.74, 6) is 0. The molecule has 0 amide bonds. The molecule has 1 aromatic carbocycles. The van der Waals surface area contributed by atoms with E-state index in [-0.39, 0.29) is 0 Å². The number of aromatic amines is 1. The van der Waals surface area contributed by atoms with Gasteiger partial charge in [0.25, 0.3) is 0 Å². The third-order valence-electron chi connectivity index (χ3n) is 4.43. The molecule has 3 rings (SSSR count). The third-order valence-corrected chi connectivity index (χ3v) is 5.56. The Bertz CT molecular complexity index is 1050. The van der Waals surface area contributed by atoms with E-state index >= 15 is 0 Å². The molecule has 0 bridgehead atoms. The smallest absolute Gasteiger partial charge is 0.175 e. The minimum Gasteiger partial charge on any atom is -0.346 e. The molecule has 0 fully saturated rings. The average molecular weight is 369 g/mol. The Balaban J connectivity index is 2.00. The van der Waals surface area contributed by atoms with Crippen molar-refractivity contribution in [3.63, 3.8) is 0 Å². The highest BCUT2D eigenvalue weighted by molar-refractivity contribution is 7.90. The van der Waals surface area contributed by atoms with Gasteiger partial charge in [0.05, 0.1) is 10.6 Å². The van der Waals surface area contributed by atoms with E-state index in [9.17, 15) is 8.42 Å². The number of rotatable bonds is 6. The largest absolute Gasteiger partial charge is 0.346 e. The van der Waals surface area contributed by atoms with E-state index in [1.165, 1.54) is 17.4 Å². The van der Waals surface area contributed by atoms with E-state index in [0.29, 0.717) is 4.90 Å². The second kappa shape index (κ2) is 7.46. The van der Waals surface area contributed by atoms with Gasteiger partial charge in [-0.25, -0.2) is 13.4 Å². The first-order valence-electron chi connectivity index (χ1n) is 8.92. The SMILES string of the molecule is CC/C=C(/CCC)c1c[nH]c2nc(-c3ccc(S(C)(=O)=O)cc3)ccc12. The molecule has 3 aromatic rings. The van der Waals surface area contributed by atoms with Gasteiger partial charge in [0.2, 0.25) is 0 Å². The van der Waals surface area contributed by atoms with Crippen LogP contribution in [0.4, 0.5) is 0 Å². The summed E-state index contributed by atoms with van der Waals surface area (Å²) in [6.07, 6.45) is 8.70. The Morgan fingerprint density at radius 1 is 1.12 bits per heavy atom. The summed E-state index contributed by atoms with van der Waals surface area (Å²) in [5, 5.41) is 1.12. The van der Waals surface area contributed by atoms with Crippen LogP contribution in [0.15, 0.2) is 53.6 Å². The standard InChI is InChI=1S/C21H24N2O2S/c1-4-6-15(7-5-2)19-14-22-21-18(19)12-13-20(23-21)16-8-10-17(11-9-16)26(3,24)25/h6,8-14H,4-5,7H2,1-3H3,(H,22,23)/b15-6-. The monoisotopic (exact) mass is 368 g/mol. The molecule has 0 radical (unpaired) electrons. The fraction of sp³-hybridized carbons (Fsp3) is 0.286. The van der Waals surface area contributed by atoms with Crippen LogP contribution in [-0.4, -0.2) is 24.6 Å². The number of allylic oxidation sites excluding steroid dienone is 2. The van der Waals surface area contributed by atoms with Crippen LogP contribution in [0.5, 0.6) is 0 Å². The van der Waals surface area contributed by atoms with Crippen molar-refractivity contribution in [2.75, 3.05) is 6.26 Å². The van der Waals surface area contributed by atoms with E-state index in [0.717, 1.165) is 41.6 Å². The van der Waals surface area contributed by atoms with Gasteiger partial charge in [-0.3, -0.25) is 0 Å². The summed E-state index contributed by atoms with van der Waals surface area (Å²) in [4.78, 5) is 8.33. The number of benzene rings is 1. The zero-order valence-electron chi connectivity index (χ0n) is 15.4. The number of pyridine rings is 1.